The molecule has 110 valence electrons. The summed E-state index contributed by atoms with van der Waals surface area (Å²) >= 11 is 5.77. The van der Waals surface area contributed by atoms with Gasteiger partial charge in [-0.3, -0.25) is 4.79 Å². The molecule has 1 aromatic heterocycles. The molecule has 2 unspecified atom stereocenters. The Hall–Kier alpha value is -1.50. The van der Waals surface area contributed by atoms with Gasteiger partial charge in [-0.05, 0) is 18.9 Å². The molecule has 1 aromatic rings. The highest BCUT2D eigenvalue weighted by Gasteiger charge is 2.34. The highest BCUT2D eigenvalue weighted by Crippen LogP contribution is 2.34. The minimum absolute atomic E-state index is 0.0813. The summed E-state index contributed by atoms with van der Waals surface area (Å²) < 4.78 is 37.4. The van der Waals surface area contributed by atoms with Crippen molar-refractivity contribution < 1.29 is 23.1 Å². The van der Waals surface area contributed by atoms with Crippen molar-refractivity contribution in [1.82, 2.24) is 4.98 Å². The van der Waals surface area contributed by atoms with Gasteiger partial charge in [0, 0.05) is 12.2 Å². The molecule has 0 bridgehead atoms. The van der Waals surface area contributed by atoms with Crippen LogP contribution in [0.4, 0.5) is 19.0 Å². The van der Waals surface area contributed by atoms with Crippen molar-refractivity contribution in [1.29, 1.82) is 0 Å². The molecule has 4 nitrogen and oxygen atoms in total. The van der Waals surface area contributed by atoms with E-state index in [0.717, 1.165) is 12.5 Å². The van der Waals surface area contributed by atoms with E-state index >= 15 is 0 Å². The molecule has 8 heteroatoms. The van der Waals surface area contributed by atoms with Crippen LogP contribution in [-0.4, -0.2) is 22.1 Å². The van der Waals surface area contributed by atoms with Crippen LogP contribution in [0.25, 0.3) is 0 Å². The smallest absolute Gasteiger partial charge is 0.417 e. The molecule has 0 saturated heterocycles. The number of hydrogen-bond acceptors (Lipinski definition) is 3. The minimum atomic E-state index is -4.51. The Balaban J connectivity index is 2.16. The largest absolute Gasteiger partial charge is 0.481 e. The van der Waals surface area contributed by atoms with Gasteiger partial charge in [0.25, 0.3) is 0 Å². The number of halogens is 4. The summed E-state index contributed by atoms with van der Waals surface area (Å²) in [5, 5.41) is 11.7. The summed E-state index contributed by atoms with van der Waals surface area (Å²) in [7, 11) is 0. The van der Waals surface area contributed by atoms with Gasteiger partial charge >= 0.3 is 12.1 Å². The van der Waals surface area contributed by atoms with Gasteiger partial charge in [0.15, 0.2) is 0 Å². The molecule has 0 aliphatic heterocycles. The van der Waals surface area contributed by atoms with Crippen molar-refractivity contribution in [2.24, 2.45) is 5.92 Å². The van der Waals surface area contributed by atoms with E-state index in [1.54, 1.807) is 0 Å². The molecule has 0 spiro atoms. The number of pyridine rings is 1. The maximum Gasteiger partial charge on any atom is 0.417 e. The van der Waals surface area contributed by atoms with Crippen molar-refractivity contribution in [3.8, 4) is 0 Å². The number of carbonyl (C=O) groups is 1. The van der Waals surface area contributed by atoms with Gasteiger partial charge in [-0.15, -0.1) is 0 Å². The number of nitrogens with zero attached hydrogens (tertiary/aromatic N) is 1. The molecular weight excluding hydrogens is 297 g/mol. The molecule has 0 aromatic carbocycles. The standard InChI is InChI=1S/C12H12ClF3N2O2/c13-8-4-6(12(14,15)16)5-17-10(8)18-9-3-1-2-7(9)11(19)20/h4-5,7,9H,1-3H2,(H,17,18)(H,19,20). The van der Waals surface area contributed by atoms with Gasteiger partial charge < -0.3 is 10.4 Å². The SMILES string of the molecule is O=C(O)C1CCCC1Nc1ncc(C(F)(F)F)cc1Cl. The summed E-state index contributed by atoms with van der Waals surface area (Å²) in [6, 6.07) is 0.413. The average Bonchev–Trinajstić information content (AvgIpc) is 2.78. The highest BCUT2D eigenvalue weighted by molar-refractivity contribution is 6.33. The average molecular weight is 309 g/mol. The maximum absolute atomic E-state index is 12.5. The van der Waals surface area contributed by atoms with Gasteiger partial charge in [0.1, 0.15) is 5.82 Å². The molecule has 0 radical (unpaired) electrons. The van der Waals surface area contributed by atoms with Crippen LogP contribution in [0.15, 0.2) is 12.3 Å². The molecule has 1 heterocycles. The van der Waals surface area contributed by atoms with E-state index in [-0.39, 0.29) is 16.9 Å². The fourth-order valence-corrected chi connectivity index (χ4v) is 2.52. The minimum Gasteiger partial charge on any atom is -0.481 e. The Labute approximate surface area is 118 Å². The lowest BCUT2D eigenvalue weighted by Gasteiger charge is -2.19. The van der Waals surface area contributed by atoms with Crippen LogP contribution in [-0.2, 0) is 11.0 Å². The summed E-state index contributed by atoms with van der Waals surface area (Å²) in [5.74, 6) is -1.42. The highest BCUT2D eigenvalue weighted by atomic mass is 35.5. The third-order valence-electron chi connectivity index (χ3n) is 3.32. The van der Waals surface area contributed by atoms with E-state index in [4.69, 9.17) is 16.7 Å². The predicted octanol–water partition coefficient (Wildman–Crippen LogP) is 3.42. The number of hydrogen-bond donors (Lipinski definition) is 2. The van der Waals surface area contributed by atoms with Crippen molar-refractivity contribution in [2.75, 3.05) is 5.32 Å². The zero-order valence-corrected chi connectivity index (χ0v) is 11.0. The third-order valence-corrected chi connectivity index (χ3v) is 3.61. The molecule has 0 amide bonds. The number of carboxylic acid groups (broad SMARTS) is 1. The molecule has 2 atom stereocenters. The first-order valence-corrected chi connectivity index (χ1v) is 6.39. The van der Waals surface area contributed by atoms with E-state index in [9.17, 15) is 18.0 Å². The fraction of sp³-hybridized carbons (Fsp3) is 0.500. The second-order valence-corrected chi connectivity index (χ2v) is 5.09. The third kappa shape index (κ3) is 3.15. The van der Waals surface area contributed by atoms with E-state index < -0.39 is 23.6 Å². The number of rotatable bonds is 3. The van der Waals surface area contributed by atoms with Crippen LogP contribution in [0.3, 0.4) is 0 Å². The van der Waals surface area contributed by atoms with Gasteiger partial charge in [0.2, 0.25) is 0 Å². The molecule has 1 aliphatic rings. The number of carboxylic acids is 1. The molecule has 1 saturated carbocycles. The van der Waals surface area contributed by atoms with Gasteiger partial charge in [-0.1, -0.05) is 18.0 Å². The van der Waals surface area contributed by atoms with E-state index in [2.05, 4.69) is 10.3 Å². The first kappa shape index (κ1) is 14.9. The van der Waals surface area contributed by atoms with Crippen LogP contribution >= 0.6 is 11.6 Å². The fourth-order valence-electron chi connectivity index (χ4n) is 2.30. The first-order valence-electron chi connectivity index (χ1n) is 6.01. The zero-order chi connectivity index (χ0) is 14.9. The predicted molar refractivity (Wildman–Crippen MR) is 66.6 cm³/mol. The van der Waals surface area contributed by atoms with Gasteiger partial charge in [-0.2, -0.15) is 13.2 Å². The van der Waals surface area contributed by atoms with Crippen LogP contribution in [0.1, 0.15) is 24.8 Å². The lowest BCUT2D eigenvalue weighted by Crippen LogP contribution is -2.30. The van der Waals surface area contributed by atoms with E-state index in [1.165, 1.54) is 0 Å². The van der Waals surface area contributed by atoms with Crippen molar-refractivity contribution in [3.05, 3.63) is 22.8 Å². The van der Waals surface area contributed by atoms with Gasteiger partial charge in [-0.25, -0.2) is 4.98 Å². The summed E-state index contributed by atoms with van der Waals surface area (Å²) in [6.45, 7) is 0. The number of alkyl halides is 3. The number of aromatic nitrogens is 1. The summed E-state index contributed by atoms with van der Waals surface area (Å²) in [4.78, 5) is 14.7. The Morgan fingerprint density at radius 2 is 2.15 bits per heavy atom. The Morgan fingerprint density at radius 3 is 2.70 bits per heavy atom. The molecule has 2 N–H and O–H groups in total. The number of aliphatic carboxylic acids is 1. The molecule has 1 aliphatic carbocycles. The Bertz CT molecular complexity index is 522. The van der Waals surface area contributed by atoms with Crippen LogP contribution in [0, 0.1) is 5.92 Å². The molecule has 20 heavy (non-hydrogen) atoms. The topological polar surface area (TPSA) is 62.2 Å². The lowest BCUT2D eigenvalue weighted by molar-refractivity contribution is -0.141. The molecule has 2 rings (SSSR count). The summed E-state index contributed by atoms with van der Waals surface area (Å²) in [5.41, 5.74) is -0.936. The first-order chi connectivity index (χ1) is 9.29. The van der Waals surface area contributed by atoms with E-state index in [0.29, 0.717) is 19.0 Å². The Kier molecular flexibility index (Phi) is 4.08. The quantitative estimate of drug-likeness (QED) is 0.898. The molecule has 1 fully saturated rings. The second-order valence-electron chi connectivity index (χ2n) is 4.68. The van der Waals surface area contributed by atoms with Crippen LogP contribution in [0.5, 0.6) is 0 Å². The van der Waals surface area contributed by atoms with Crippen molar-refractivity contribution >= 4 is 23.4 Å². The Morgan fingerprint density at radius 1 is 1.45 bits per heavy atom. The van der Waals surface area contributed by atoms with E-state index in [1.807, 2.05) is 0 Å². The zero-order valence-electron chi connectivity index (χ0n) is 10.2. The van der Waals surface area contributed by atoms with Crippen LogP contribution in [0.2, 0.25) is 5.02 Å². The summed E-state index contributed by atoms with van der Waals surface area (Å²) in [6.07, 6.45) is -1.93. The number of nitrogens with one attached hydrogen (secondary N) is 1. The second kappa shape index (κ2) is 5.47. The normalized spacial score (nSPS) is 22.8. The lowest BCUT2D eigenvalue weighted by atomic mass is 10.0. The number of anilines is 1. The maximum atomic E-state index is 12.5. The van der Waals surface area contributed by atoms with Crippen molar-refractivity contribution in [3.63, 3.8) is 0 Å². The van der Waals surface area contributed by atoms with Gasteiger partial charge in [0.05, 0.1) is 16.5 Å². The van der Waals surface area contributed by atoms with Crippen LogP contribution < -0.4 is 5.32 Å². The van der Waals surface area contributed by atoms with Crippen molar-refractivity contribution in [2.45, 2.75) is 31.5 Å². The monoisotopic (exact) mass is 308 g/mol. The molecular formula is C12H12ClF3N2O2.